The van der Waals surface area contributed by atoms with Gasteiger partial charge >= 0.3 is 12.1 Å². The third-order valence-electron chi connectivity index (χ3n) is 5.16. The monoisotopic (exact) mass is 383 g/mol. The van der Waals surface area contributed by atoms with Gasteiger partial charge in [0.2, 0.25) is 0 Å². The third kappa shape index (κ3) is 4.63. The van der Waals surface area contributed by atoms with Crippen molar-refractivity contribution in [3.63, 3.8) is 0 Å². The van der Waals surface area contributed by atoms with Crippen molar-refractivity contribution in [2.75, 3.05) is 6.61 Å². The molecule has 0 saturated carbocycles. The quantitative estimate of drug-likeness (QED) is 0.583. The number of esters is 1. The standard InChI is InChI=1S/C20H33NO6/c1-11(16-12(2)15(22)13(3)17(23)26-16)9-14-10-25-20(7,8)21(14)18(24)27-19(4,5)6/h9,12-16,22H,10H2,1-8H3/b11-9+/t12-,13-,14-,15-,16+/m1/s1. The molecule has 2 fully saturated rings. The molecule has 0 aromatic rings. The minimum Gasteiger partial charge on any atom is -0.457 e. The average molecular weight is 383 g/mol. The molecule has 7 nitrogen and oxygen atoms in total. The molecular formula is C20H33NO6. The van der Waals surface area contributed by atoms with Gasteiger partial charge in [-0.3, -0.25) is 9.69 Å². The molecular weight excluding hydrogens is 350 g/mol. The Kier molecular flexibility index (Phi) is 5.97. The van der Waals surface area contributed by atoms with E-state index in [-0.39, 0.29) is 12.0 Å². The maximum absolute atomic E-state index is 12.7. The molecule has 0 radical (unpaired) electrons. The van der Waals surface area contributed by atoms with Crippen LogP contribution in [-0.2, 0) is 19.0 Å². The minimum absolute atomic E-state index is 0.237. The number of ether oxygens (including phenoxy) is 3. The zero-order valence-corrected chi connectivity index (χ0v) is 17.6. The van der Waals surface area contributed by atoms with Crippen LogP contribution in [0.1, 0.15) is 55.4 Å². The second kappa shape index (κ2) is 7.43. The van der Waals surface area contributed by atoms with Gasteiger partial charge in [-0.15, -0.1) is 0 Å². The first-order valence-corrected chi connectivity index (χ1v) is 9.48. The molecule has 0 aromatic heterocycles. The van der Waals surface area contributed by atoms with E-state index in [1.165, 1.54) is 0 Å². The Hall–Kier alpha value is -1.60. The van der Waals surface area contributed by atoms with Gasteiger partial charge in [-0.2, -0.15) is 0 Å². The van der Waals surface area contributed by atoms with Gasteiger partial charge in [0.25, 0.3) is 0 Å². The van der Waals surface area contributed by atoms with Gasteiger partial charge < -0.3 is 19.3 Å². The molecule has 2 aliphatic rings. The summed E-state index contributed by atoms with van der Waals surface area (Å²) in [6.07, 6.45) is 0.114. The van der Waals surface area contributed by atoms with E-state index in [9.17, 15) is 14.7 Å². The Morgan fingerprint density at radius 1 is 1.33 bits per heavy atom. The second-order valence-electron chi connectivity index (χ2n) is 9.08. The number of nitrogens with zero attached hydrogens (tertiary/aromatic N) is 1. The number of carbonyl (C=O) groups is 2. The molecule has 0 spiro atoms. The number of carbonyl (C=O) groups excluding carboxylic acids is 2. The first kappa shape index (κ1) is 21.7. The summed E-state index contributed by atoms with van der Waals surface area (Å²) in [6.45, 7) is 14.8. The zero-order chi connectivity index (χ0) is 20.7. The fraction of sp³-hybridized carbons (Fsp3) is 0.800. The van der Waals surface area contributed by atoms with Gasteiger partial charge in [0.1, 0.15) is 17.4 Å². The summed E-state index contributed by atoms with van der Waals surface area (Å²) in [5, 5.41) is 10.3. The number of aliphatic hydroxyl groups is 1. The summed E-state index contributed by atoms with van der Waals surface area (Å²) in [6, 6.07) is -0.350. The predicted octanol–water partition coefficient (Wildman–Crippen LogP) is 2.86. The summed E-state index contributed by atoms with van der Waals surface area (Å²) >= 11 is 0. The Bertz CT molecular complexity index is 620. The summed E-state index contributed by atoms with van der Waals surface area (Å²) < 4.78 is 16.9. The van der Waals surface area contributed by atoms with Crippen LogP contribution in [0.25, 0.3) is 0 Å². The Balaban J connectivity index is 2.24. The highest BCUT2D eigenvalue weighted by Gasteiger charge is 2.46. The lowest BCUT2D eigenvalue weighted by atomic mass is 9.83. The van der Waals surface area contributed by atoms with Gasteiger partial charge in [0, 0.05) is 5.92 Å². The maximum atomic E-state index is 12.7. The van der Waals surface area contributed by atoms with E-state index in [4.69, 9.17) is 14.2 Å². The number of hydrogen-bond acceptors (Lipinski definition) is 6. The molecule has 7 heteroatoms. The van der Waals surface area contributed by atoms with Crippen LogP contribution in [0.2, 0.25) is 0 Å². The van der Waals surface area contributed by atoms with Crippen molar-refractivity contribution in [2.24, 2.45) is 11.8 Å². The highest BCUT2D eigenvalue weighted by molar-refractivity contribution is 5.74. The number of cyclic esters (lactones) is 1. The van der Waals surface area contributed by atoms with Crippen molar-refractivity contribution in [2.45, 2.75) is 85.0 Å². The van der Waals surface area contributed by atoms with E-state index in [2.05, 4.69) is 0 Å². The Labute approximate surface area is 161 Å². The summed E-state index contributed by atoms with van der Waals surface area (Å²) in [5.74, 6) is -1.19. The number of hydrogen-bond donors (Lipinski definition) is 1. The van der Waals surface area contributed by atoms with Crippen molar-refractivity contribution in [3.8, 4) is 0 Å². The lowest BCUT2D eigenvalue weighted by Crippen LogP contribution is -2.50. The second-order valence-corrected chi connectivity index (χ2v) is 9.08. The molecule has 0 aromatic carbocycles. The number of rotatable bonds is 2. The van der Waals surface area contributed by atoms with Crippen LogP contribution in [0.4, 0.5) is 4.79 Å². The first-order valence-electron chi connectivity index (χ1n) is 9.48. The lowest BCUT2D eigenvalue weighted by Gasteiger charge is -2.38. The molecule has 2 saturated heterocycles. The minimum atomic E-state index is -0.813. The van der Waals surface area contributed by atoms with Gasteiger partial charge in [0.05, 0.1) is 24.7 Å². The highest BCUT2D eigenvalue weighted by atomic mass is 16.6. The largest absolute Gasteiger partial charge is 0.457 e. The van der Waals surface area contributed by atoms with Crippen molar-refractivity contribution < 1.29 is 28.9 Å². The Morgan fingerprint density at radius 2 is 1.93 bits per heavy atom. The van der Waals surface area contributed by atoms with Crippen LogP contribution in [0.3, 0.4) is 0 Å². The van der Waals surface area contributed by atoms with Crippen LogP contribution in [-0.4, -0.2) is 58.3 Å². The molecule has 1 N–H and O–H groups in total. The fourth-order valence-corrected chi connectivity index (χ4v) is 3.64. The summed E-state index contributed by atoms with van der Waals surface area (Å²) in [5.41, 5.74) is -0.652. The van der Waals surface area contributed by atoms with Gasteiger partial charge in [-0.25, -0.2) is 4.79 Å². The van der Waals surface area contributed by atoms with Crippen molar-refractivity contribution in [3.05, 3.63) is 11.6 Å². The zero-order valence-electron chi connectivity index (χ0n) is 17.6. The fourth-order valence-electron chi connectivity index (χ4n) is 3.64. The van der Waals surface area contributed by atoms with E-state index in [1.807, 2.05) is 54.5 Å². The van der Waals surface area contributed by atoms with Crippen molar-refractivity contribution in [1.82, 2.24) is 4.90 Å². The van der Waals surface area contributed by atoms with Crippen LogP contribution < -0.4 is 0 Å². The van der Waals surface area contributed by atoms with E-state index in [1.54, 1.807) is 11.8 Å². The van der Waals surface area contributed by atoms with Crippen LogP contribution >= 0.6 is 0 Å². The molecule has 0 bridgehead atoms. The molecule has 2 aliphatic heterocycles. The molecule has 0 unspecified atom stereocenters. The molecule has 2 heterocycles. The summed E-state index contributed by atoms with van der Waals surface area (Å²) in [4.78, 5) is 26.3. The molecule has 1 amide bonds. The van der Waals surface area contributed by atoms with E-state index < -0.39 is 41.5 Å². The molecule has 0 aliphatic carbocycles. The van der Waals surface area contributed by atoms with Gasteiger partial charge in [0.15, 0.2) is 0 Å². The lowest BCUT2D eigenvalue weighted by molar-refractivity contribution is -0.173. The highest BCUT2D eigenvalue weighted by Crippen LogP contribution is 2.34. The van der Waals surface area contributed by atoms with Gasteiger partial charge in [-0.1, -0.05) is 13.0 Å². The number of aliphatic hydroxyl groups excluding tert-OH is 1. The normalized spacial score (nSPS) is 34.4. The molecule has 2 rings (SSSR count). The third-order valence-corrected chi connectivity index (χ3v) is 5.16. The van der Waals surface area contributed by atoms with E-state index in [0.29, 0.717) is 6.61 Å². The topological polar surface area (TPSA) is 85.3 Å². The molecule has 5 atom stereocenters. The SMILES string of the molecule is C/C(=C\[C@@H]1COC(C)(C)N1C(=O)OC(C)(C)C)[C@@H]1OC(=O)[C@H](C)[C@H](O)[C@H]1C. The smallest absolute Gasteiger partial charge is 0.413 e. The first-order chi connectivity index (χ1) is 12.2. The molecule has 27 heavy (non-hydrogen) atoms. The van der Waals surface area contributed by atoms with E-state index >= 15 is 0 Å². The van der Waals surface area contributed by atoms with Crippen molar-refractivity contribution >= 4 is 12.1 Å². The number of amides is 1. The predicted molar refractivity (Wildman–Crippen MR) is 99.9 cm³/mol. The van der Waals surface area contributed by atoms with E-state index in [0.717, 1.165) is 5.57 Å². The summed E-state index contributed by atoms with van der Waals surface area (Å²) in [7, 11) is 0. The van der Waals surface area contributed by atoms with Crippen molar-refractivity contribution in [1.29, 1.82) is 0 Å². The molecule has 154 valence electrons. The van der Waals surface area contributed by atoms with Gasteiger partial charge in [-0.05, 0) is 54.0 Å². The van der Waals surface area contributed by atoms with Crippen LogP contribution in [0.5, 0.6) is 0 Å². The average Bonchev–Trinajstić information content (AvgIpc) is 2.81. The van der Waals surface area contributed by atoms with Crippen LogP contribution in [0.15, 0.2) is 11.6 Å². The maximum Gasteiger partial charge on any atom is 0.413 e. The Morgan fingerprint density at radius 3 is 2.48 bits per heavy atom. The van der Waals surface area contributed by atoms with Crippen LogP contribution in [0, 0.1) is 11.8 Å².